The van der Waals surface area contributed by atoms with Gasteiger partial charge >= 0.3 is 0 Å². The molecule has 3 aromatic heterocycles. The van der Waals surface area contributed by atoms with Crippen LogP contribution in [0, 0.1) is 17.8 Å². The molecule has 0 aliphatic heterocycles. The molecule has 4 aromatic rings. The Balaban J connectivity index is 1.35. The maximum absolute atomic E-state index is 15.5. The Morgan fingerprint density at radius 1 is 1.17 bits per heavy atom. The Morgan fingerprint density at radius 3 is 2.60 bits per heavy atom. The first-order valence-electron chi connectivity index (χ1n) is 16.3. The standard InChI is InChI=1S/C37H31ClF6N6O2/c1-36(2,52)11-10-21-4-5-22(23-7-9-27(38)25-16-45-49(3)33(23)25)31(46-21)28(14-18-12-19(39)15-20(40)13-18)47-29(51)17-50-34-30(32(48-50)35(41)42)24-6-8-26(24)37(34,43)44/h4-9,12-13,16,19,24,26,28,35,52H,14-15,17H2,1-3H3,(H,47,51)/t19?,24-,26+,28-/m0/s1. The highest BCUT2D eigenvalue weighted by Crippen LogP contribution is 2.60. The molecule has 0 spiro atoms. The third-order valence-electron chi connectivity index (χ3n) is 9.29. The summed E-state index contributed by atoms with van der Waals surface area (Å²) in [6.45, 7) is 2.09. The third-order valence-corrected chi connectivity index (χ3v) is 9.62. The van der Waals surface area contributed by atoms with Crippen LogP contribution in [-0.2, 0) is 24.3 Å². The highest BCUT2D eigenvalue weighted by molar-refractivity contribution is 6.35. The molecular weight excluding hydrogens is 710 g/mol. The van der Waals surface area contributed by atoms with E-state index in [0.717, 1.165) is 6.08 Å². The van der Waals surface area contributed by atoms with Gasteiger partial charge in [0, 0.05) is 41.5 Å². The molecule has 15 heteroatoms. The number of hydrogen-bond acceptors (Lipinski definition) is 5. The summed E-state index contributed by atoms with van der Waals surface area (Å²) in [6, 6.07) is 5.45. The van der Waals surface area contributed by atoms with Gasteiger partial charge in [0.25, 0.3) is 12.3 Å². The van der Waals surface area contributed by atoms with Gasteiger partial charge in [-0.1, -0.05) is 35.7 Å². The van der Waals surface area contributed by atoms with Gasteiger partial charge in [0.05, 0.1) is 34.4 Å². The maximum Gasteiger partial charge on any atom is 0.296 e. The Hall–Kier alpha value is -4.87. The summed E-state index contributed by atoms with van der Waals surface area (Å²) < 4.78 is 90.4. The first kappa shape index (κ1) is 35.5. The molecule has 3 heterocycles. The fourth-order valence-corrected chi connectivity index (χ4v) is 7.23. The molecule has 3 aliphatic carbocycles. The van der Waals surface area contributed by atoms with Gasteiger partial charge < -0.3 is 10.4 Å². The monoisotopic (exact) mass is 740 g/mol. The van der Waals surface area contributed by atoms with Crippen LogP contribution in [0.1, 0.15) is 73.4 Å². The van der Waals surface area contributed by atoms with Gasteiger partial charge in [-0.15, -0.1) is 0 Å². The van der Waals surface area contributed by atoms with Gasteiger partial charge in [-0.3, -0.25) is 14.2 Å². The van der Waals surface area contributed by atoms with E-state index in [0.29, 0.717) is 31.7 Å². The number of aryl methyl sites for hydroxylation is 1. The molecule has 0 bridgehead atoms. The number of allylic oxidation sites excluding steroid dienone is 5. The van der Waals surface area contributed by atoms with Crippen LogP contribution in [0.2, 0.25) is 5.02 Å². The number of aliphatic hydroxyl groups is 1. The predicted octanol–water partition coefficient (Wildman–Crippen LogP) is 7.69. The van der Waals surface area contributed by atoms with Crippen LogP contribution in [0.5, 0.6) is 0 Å². The van der Waals surface area contributed by atoms with Crippen molar-refractivity contribution in [3.05, 3.63) is 99.5 Å². The first-order valence-corrected chi connectivity index (χ1v) is 16.7. The van der Waals surface area contributed by atoms with Crippen molar-refractivity contribution in [2.24, 2.45) is 13.0 Å². The molecule has 0 saturated heterocycles. The Bertz CT molecular complexity index is 2270. The number of amides is 1. The average molecular weight is 741 g/mol. The van der Waals surface area contributed by atoms with Crippen LogP contribution in [0.15, 0.2) is 66.2 Å². The van der Waals surface area contributed by atoms with Crippen molar-refractivity contribution in [3.8, 4) is 23.0 Å². The van der Waals surface area contributed by atoms with Gasteiger partial charge in [-0.2, -0.15) is 19.0 Å². The van der Waals surface area contributed by atoms with Gasteiger partial charge in [0.15, 0.2) is 0 Å². The lowest BCUT2D eigenvalue weighted by Crippen LogP contribution is -2.35. The van der Waals surface area contributed by atoms with Crippen molar-refractivity contribution in [3.63, 3.8) is 0 Å². The number of nitrogens with one attached hydrogen (secondary N) is 1. The fourth-order valence-electron chi connectivity index (χ4n) is 7.03. The van der Waals surface area contributed by atoms with E-state index in [1.807, 2.05) is 0 Å². The zero-order valence-corrected chi connectivity index (χ0v) is 28.7. The van der Waals surface area contributed by atoms with Crippen molar-refractivity contribution in [1.29, 1.82) is 0 Å². The number of pyridine rings is 1. The number of fused-ring (bicyclic) bond motifs is 4. The van der Waals surface area contributed by atoms with Crippen molar-refractivity contribution >= 4 is 28.4 Å². The number of alkyl halides is 5. The van der Waals surface area contributed by atoms with E-state index in [4.69, 9.17) is 16.6 Å². The van der Waals surface area contributed by atoms with Crippen molar-refractivity contribution in [2.45, 2.75) is 69.3 Å². The number of hydrogen-bond donors (Lipinski definition) is 2. The second-order valence-corrected chi connectivity index (χ2v) is 14.0. The molecule has 1 amide bonds. The lowest BCUT2D eigenvalue weighted by Gasteiger charge is -2.27. The Morgan fingerprint density at radius 2 is 1.92 bits per heavy atom. The van der Waals surface area contributed by atoms with Gasteiger partial charge in [0.2, 0.25) is 5.91 Å². The lowest BCUT2D eigenvalue weighted by molar-refractivity contribution is -0.123. The number of nitrogens with zero attached hydrogens (tertiary/aromatic N) is 5. The van der Waals surface area contributed by atoms with E-state index in [2.05, 4.69) is 27.4 Å². The maximum atomic E-state index is 15.5. The fraction of sp³-hybridized carbons (Fsp3) is 0.351. The number of rotatable bonds is 8. The normalized spacial score (nSPS) is 20.8. The highest BCUT2D eigenvalue weighted by atomic mass is 35.5. The molecule has 2 N–H and O–H groups in total. The number of halogens is 7. The summed E-state index contributed by atoms with van der Waals surface area (Å²) in [4.78, 5) is 18.6. The van der Waals surface area contributed by atoms with Gasteiger partial charge in [0.1, 0.15) is 41.2 Å². The second-order valence-electron chi connectivity index (χ2n) is 13.6. The van der Waals surface area contributed by atoms with Crippen LogP contribution >= 0.6 is 11.6 Å². The zero-order chi connectivity index (χ0) is 37.3. The highest BCUT2D eigenvalue weighted by Gasteiger charge is 2.60. The summed E-state index contributed by atoms with van der Waals surface area (Å²) >= 11 is 6.48. The first-order chi connectivity index (χ1) is 24.5. The molecule has 4 atom stereocenters. The summed E-state index contributed by atoms with van der Waals surface area (Å²) in [5, 5.41) is 22.1. The molecule has 3 aliphatic rings. The van der Waals surface area contributed by atoms with E-state index < -0.39 is 78.1 Å². The zero-order valence-electron chi connectivity index (χ0n) is 27.9. The molecule has 7 rings (SSSR count). The smallest absolute Gasteiger partial charge is 0.296 e. The number of benzene rings is 1. The van der Waals surface area contributed by atoms with E-state index >= 15 is 8.78 Å². The molecule has 0 fully saturated rings. The molecule has 1 unspecified atom stereocenters. The van der Waals surface area contributed by atoms with E-state index in [-0.39, 0.29) is 28.9 Å². The topological polar surface area (TPSA) is 97.9 Å². The van der Waals surface area contributed by atoms with Crippen LogP contribution in [-0.4, -0.2) is 47.3 Å². The Labute approximate surface area is 298 Å². The van der Waals surface area contributed by atoms with Crippen LogP contribution in [0.4, 0.5) is 26.3 Å². The third kappa shape index (κ3) is 6.41. The number of aromatic nitrogens is 5. The Kier molecular flexibility index (Phi) is 8.86. The molecule has 0 radical (unpaired) electrons. The van der Waals surface area contributed by atoms with Crippen molar-refractivity contribution in [1.82, 2.24) is 29.9 Å². The molecule has 1 aromatic carbocycles. The SMILES string of the molecule is Cn1ncc2c(Cl)ccc(-c3ccc(C#CC(C)(C)O)nc3[C@H](CC3=CC(F)CC(F)=C3)NC(=O)Cn3nc(C(F)F)c4c3C(F)(F)[C@@H]3C=C[C@H]43)c21. The summed E-state index contributed by atoms with van der Waals surface area (Å²) in [7, 11) is 1.70. The minimum absolute atomic E-state index is 0.169. The van der Waals surface area contributed by atoms with E-state index in [1.54, 1.807) is 42.2 Å². The summed E-state index contributed by atoms with van der Waals surface area (Å²) in [5.74, 6) is -1.96. The van der Waals surface area contributed by atoms with Crippen LogP contribution < -0.4 is 5.32 Å². The van der Waals surface area contributed by atoms with Gasteiger partial charge in [-0.05, 0) is 62.1 Å². The lowest BCUT2D eigenvalue weighted by atomic mass is 9.81. The van der Waals surface area contributed by atoms with Crippen molar-refractivity contribution in [2.75, 3.05) is 0 Å². The predicted molar refractivity (Wildman–Crippen MR) is 181 cm³/mol. The molecular formula is C37H31ClF6N6O2. The average Bonchev–Trinajstić information content (AvgIpc) is 3.64. The summed E-state index contributed by atoms with van der Waals surface area (Å²) in [5.41, 5.74) is -1.12. The summed E-state index contributed by atoms with van der Waals surface area (Å²) in [6.07, 6.45) is 1.11. The minimum atomic E-state index is -3.55. The minimum Gasteiger partial charge on any atom is -0.378 e. The largest absolute Gasteiger partial charge is 0.378 e. The quantitative estimate of drug-likeness (QED) is 0.110. The van der Waals surface area contributed by atoms with Gasteiger partial charge in [-0.25, -0.2) is 22.5 Å². The van der Waals surface area contributed by atoms with E-state index in [1.165, 1.54) is 32.1 Å². The van der Waals surface area contributed by atoms with Crippen LogP contribution in [0.25, 0.3) is 22.0 Å². The van der Waals surface area contributed by atoms with Crippen LogP contribution in [0.3, 0.4) is 0 Å². The van der Waals surface area contributed by atoms with E-state index in [9.17, 15) is 27.5 Å². The number of carbonyl (C=O) groups excluding carboxylic acids is 1. The second kappa shape index (κ2) is 13.0. The molecule has 0 saturated carbocycles. The number of carbonyl (C=O) groups is 1. The molecule has 8 nitrogen and oxygen atoms in total. The van der Waals surface area contributed by atoms with Crippen molar-refractivity contribution < 1.29 is 36.2 Å². The molecule has 52 heavy (non-hydrogen) atoms. The molecule has 270 valence electrons.